The molecule has 0 aromatic heterocycles. The monoisotopic (exact) mass is 461 g/mol. The van der Waals surface area contributed by atoms with E-state index in [-0.39, 0.29) is 24.3 Å². The number of aryl methyl sites for hydroxylation is 1. The minimum absolute atomic E-state index is 0.109. The van der Waals surface area contributed by atoms with Gasteiger partial charge in [0.1, 0.15) is 5.82 Å². The van der Waals surface area contributed by atoms with E-state index in [1.165, 1.54) is 6.07 Å². The van der Waals surface area contributed by atoms with Crippen LogP contribution in [0, 0.1) is 12.7 Å². The van der Waals surface area contributed by atoms with E-state index >= 15 is 0 Å². The maximum Gasteiger partial charge on any atom is 0.254 e. The standard InChI is InChI=1S/C21H21BrFN3O3/c1-14-5-6-16(12-18(14)23)21(29)26-9-7-25(8-10-26)19(27)13-24-20(28)15-3-2-4-17(22)11-15/h2-6,11-12H,7-10,13H2,1H3,(H,24,28). The van der Waals surface area contributed by atoms with E-state index in [1.807, 2.05) is 6.07 Å². The lowest BCUT2D eigenvalue weighted by molar-refractivity contribution is -0.131. The summed E-state index contributed by atoms with van der Waals surface area (Å²) in [6.45, 7) is 2.99. The maximum atomic E-state index is 13.7. The van der Waals surface area contributed by atoms with Gasteiger partial charge in [0.25, 0.3) is 11.8 Å². The quantitative estimate of drug-likeness (QED) is 0.760. The lowest BCUT2D eigenvalue weighted by Crippen LogP contribution is -2.52. The zero-order valence-electron chi connectivity index (χ0n) is 16.0. The first-order chi connectivity index (χ1) is 13.8. The van der Waals surface area contributed by atoms with E-state index in [4.69, 9.17) is 0 Å². The van der Waals surface area contributed by atoms with E-state index in [1.54, 1.807) is 47.1 Å². The van der Waals surface area contributed by atoms with Gasteiger partial charge in [-0.05, 0) is 42.8 Å². The molecule has 0 atom stereocenters. The zero-order valence-corrected chi connectivity index (χ0v) is 17.5. The number of nitrogens with zero attached hydrogens (tertiary/aromatic N) is 2. The van der Waals surface area contributed by atoms with Gasteiger partial charge in [-0.15, -0.1) is 0 Å². The molecule has 8 heteroatoms. The normalized spacial score (nSPS) is 13.9. The molecule has 0 aliphatic carbocycles. The Morgan fingerprint density at radius 2 is 1.69 bits per heavy atom. The van der Waals surface area contributed by atoms with Crippen molar-refractivity contribution in [3.8, 4) is 0 Å². The first-order valence-corrected chi connectivity index (χ1v) is 10.0. The molecule has 1 aliphatic heterocycles. The van der Waals surface area contributed by atoms with Crippen LogP contribution in [0.1, 0.15) is 26.3 Å². The van der Waals surface area contributed by atoms with Gasteiger partial charge in [0.2, 0.25) is 5.91 Å². The fourth-order valence-electron chi connectivity index (χ4n) is 3.07. The van der Waals surface area contributed by atoms with Crippen LogP contribution in [0.4, 0.5) is 4.39 Å². The summed E-state index contributed by atoms with van der Waals surface area (Å²) in [5, 5.41) is 2.62. The van der Waals surface area contributed by atoms with Crippen LogP contribution in [0.25, 0.3) is 0 Å². The fourth-order valence-corrected chi connectivity index (χ4v) is 3.47. The van der Waals surface area contributed by atoms with Gasteiger partial charge in [-0.25, -0.2) is 4.39 Å². The fraction of sp³-hybridized carbons (Fsp3) is 0.286. The summed E-state index contributed by atoms with van der Waals surface area (Å²) >= 11 is 3.31. The van der Waals surface area contributed by atoms with Gasteiger partial charge >= 0.3 is 0 Å². The number of carbonyl (C=O) groups is 3. The Morgan fingerprint density at radius 1 is 1.00 bits per heavy atom. The van der Waals surface area contributed by atoms with Crippen molar-refractivity contribution in [1.82, 2.24) is 15.1 Å². The van der Waals surface area contributed by atoms with Gasteiger partial charge in [-0.2, -0.15) is 0 Å². The molecule has 1 fully saturated rings. The molecular weight excluding hydrogens is 441 g/mol. The summed E-state index contributed by atoms with van der Waals surface area (Å²) < 4.78 is 14.5. The summed E-state index contributed by atoms with van der Waals surface area (Å²) in [4.78, 5) is 40.3. The largest absolute Gasteiger partial charge is 0.343 e. The van der Waals surface area contributed by atoms with Crippen LogP contribution in [0.2, 0.25) is 0 Å². The van der Waals surface area contributed by atoms with E-state index in [0.717, 1.165) is 4.47 Å². The molecule has 1 heterocycles. The van der Waals surface area contributed by atoms with Crippen molar-refractivity contribution in [3.63, 3.8) is 0 Å². The highest BCUT2D eigenvalue weighted by Gasteiger charge is 2.25. The highest BCUT2D eigenvalue weighted by molar-refractivity contribution is 9.10. The zero-order chi connectivity index (χ0) is 21.0. The second-order valence-electron chi connectivity index (χ2n) is 6.83. The molecule has 0 bridgehead atoms. The van der Waals surface area contributed by atoms with E-state index < -0.39 is 5.82 Å². The minimum atomic E-state index is -0.411. The highest BCUT2D eigenvalue weighted by Crippen LogP contribution is 2.14. The molecule has 3 amide bonds. The predicted molar refractivity (Wildman–Crippen MR) is 110 cm³/mol. The van der Waals surface area contributed by atoms with Crippen molar-refractivity contribution in [1.29, 1.82) is 0 Å². The number of hydrogen-bond acceptors (Lipinski definition) is 3. The number of nitrogens with one attached hydrogen (secondary N) is 1. The van der Waals surface area contributed by atoms with E-state index in [2.05, 4.69) is 21.2 Å². The van der Waals surface area contributed by atoms with Crippen molar-refractivity contribution in [3.05, 3.63) is 69.4 Å². The molecule has 1 saturated heterocycles. The van der Waals surface area contributed by atoms with Gasteiger partial charge in [-0.3, -0.25) is 14.4 Å². The lowest BCUT2D eigenvalue weighted by atomic mass is 10.1. The molecule has 29 heavy (non-hydrogen) atoms. The Morgan fingerprint density at radius 3 is 2.34 bits per heavy atom. The van der Waals surface area contributed by atoms with Gasteiger partial charge in [0.15, 0.2) is 0 Å². The molecule has 1 N–H and O–H groups in total. The van der Waals surface area contributed by atoms with E-state index in [0.29, 0.717) is 42.9 Å². The van der Waals surface area contributed by atoms with Crippen LogP contribution in [0.5, 0.6) is 0 Å². The summed E-state index contributed by atoms with van der Waals surface area (Å²) in [5.41, 5.74) is 1.25. The molecular formula is C21H21BrFN3O3. The smallest absolute Gasteiger partial charge is 0.254 e. The van der Waals surface area contributed by atoms with Gasteiger partial charge in [-0.1, -0.05) is 28.1 Å². The Bertz CT molecular complexity index is 943. The van der Waals surface area contributed by atoms with Crippen molar-refractivity contribution in [2.24, 2.45) is 0 Å². The number of amides is 3. The third kappa shape index (κ3) is 5.20. The Kier molecular flexibility index (Phi) is 6.64. The molecule has 2 aromatic carbocycles. The number of piperazine rings is 1. The van der Waals surface area contributed by atoms with E-state index in [9.17, 15) is 18.8 Å². The molecule has 0 unspecified atom stereocenters. The topological polar surface area (TPSA) is 69.7 Å². The first-order valence-electron chi connectivity index (χ1n) is 9.22. The SMILES string of the molecule is Cc1ccc(C(=O)N2CCN(C(=O)CNC(=O)c3cccc(Br)c3)CC2)cc1F. The van der Waals surface area contributed by atoms with Crippen molar-refractivity contribution < 1.29 is 18.8 Å². The average Bonchev–Trinajstić information content (AvgIpc) is 2.73. The molecule has 2 aromatic rings. The minimum Gasteiger partial charge on any atom is -0.343 e. The lowest BCUT2D eigenvalue weighted by Gasteiger charge is -2.35. The Hall–Kier alpha value is -2.74. The molecule has 152 valence electrons. The summed E-state index contributed by atoms with van der Waals surface area (Å²) in [5.74, 6) is -1.19. The molecule has 3 rings (SSSR count). The number of hydrogen-bond donors (Lipinski definition) is 1. The number of benzene rings is 2. The summed E-state index contributed by atoms with van der Waals surface area (Å²) in [7, 11) is 0. The van der Waals surface area contributed by atoms with Crippen LogP contribution in [-0.2, 0) is 4.79 Å². The van der Waals surface area contributed by atoms with Crippen molar-refractivity contribution >= 4 is 33.7 Å². The van der Waals surface area contributed by atoms with Crippen LogP contribution >= 0.6 is 15.9 Å². The molecule has 6 nitrogen and oxygen atoms in total. The first kappa shape index (κ1) is 21.0. The second-order valence-corrected chi connectivity index (χ2v) is 7.75. The predicted octanol–water partition coefficient (Wildman–Crippen LogP) is 2.61. The third-order valence-electron chi connectivity index (χ3n) is 4.83. The molecule has 1 aliphatic rings. The molecule has 0 spiro atoms. The Balaban J connectivity index is 1.49. The number of halogens is 2. The number of rotatable bonds is 4. The number of carbonyl (C=O) groups excluding carboxylic acids is 3. The van der Waals surface area contributed by atoms with Gasteiger partial charge in [0.05, 0.1) is 6.54 Å². The average molecular weight is 462 g/mol. The highest BCUT2D eigenvalue weighted by atomic mass is 79.9. The second kappa shape index (κ2) is 9.17. The van der Waals surface area contributed by atoms with Crippen LogP contribution in [-0.4, -0.2) is 60.2 Å². The van der Waals surface area contributed by atoms with Gasteiger partial charge < -0.3 is 15.1 Å². The van der Waals surface area contributed by atoms with Crippen molar-refractivity contribution in [2.45, 2.75) is 6.92 Å². The van der Waals surface area contributed by atoms with Gasteiger partial charge in [0, 0.05) is 41.8 Å². The summed E-state index contributed by atoms with van der Waals surface area (Å²) in [6, 6.07) is 11.3. The molecule has 0 saturated carbocycles. The van der Waals surface area contributed by atoms with Crippen LogP contribution < -0.4 is 5.32 Å². The van der Waals surface area contributed by atoms with Crippen LogP contribution in [0.15, 0.2) is 46.9 Å². The van der Waals surface area contributed by atoms with Crippen LogP contribution in [0.3, 0.4) is 0 Å². The maximum absolute atomic E-state index is 13.7. The molecule has 0 radical (unpaired) electrons. The Labute approximate surface area is 176 Å². The third-order valence-corrected chi connectivity index (χ3v) is 5.32. The summed E-state index contributed by atoms with van der Waals surface area (Å²) in [6.07, 6.45) is 0. The van der Waals surface area contributed by atoms with Crippen molar-refractivity contribution in [2.75, 3.05) is 32.7 Å².